The van der Waals surface area contributed by atoms with E-state index in [9.17, 15) is 17.6 Å². The first-order chi connectivity index (χ1) is 18.4. The molecular weight excluding hydrogens is 509 g/mol. The van der Waals surface area contributed by atoms with Crippen LogP contribution in [0.25, 0.3) is 10.9 Å². The Morgan fingerprint density at radius 3 is 2.92 bits per heavy atom. The zero-order valence-corrected chi connectivity index (χ0v) is 21.2. The average Bonchev–Trinajstić information content (AvgIpc) is 3.08. The molecule has 9 nitrogen and oxygen atoms in total. The number of nitrogens with zero attached hydrogens (tertiary/aromatic N) is 4. The maximum atomic E-state index is 14.3. The third-order valence-corrected chi connectivity index (χ3v) is 8.53. The molecule has 38 heavy (non-hydrogen) atoms. The Bertz CT molecular complexity index is 1680. The van der Waals surface area contributed by atoms with E-state index in [-0.39, 0.29) is 41.8 Å². The van der Waals surface area contributed by atoms with Crippen LogP contribution in [0, 0.1) is 5.82 Å². The summed E-state index contributed by atoms with van der Waals surface area (Å²) in [4.78, 5) is 28.5. The molecule has 1 amide bonds. The van der Waals surface area contributed by atoms with E-state index in [2.05, 4.69) is 15.3 Å². The highest BCUT2D eigenvalue weighted by Gasteiger charge is 2.25. The van der Waals surface area contributed by atoms with Crippen LogP contribution in [-0.4, -0.2) is 48.2 Å². The van der Waals surface area contributed by atoms with Crippen molar-refractivity contribution >= 4 is 38.3 Å². The predicted octanol–water partition coefficient (Wildman–Crippen LogP) is 3.48. The van der Waals surface area contributed by atoms with Crippen LogP contribution in [0.3, 0.4) is 0 Å². The van der Waals surface area contributed by atoms with Gasteiger partial charge in [-0.2, -0.15) is 0 Å². The number of carbonyl (C=O) groups excluding carboxylic acids is 1. The van der Waals surface area contributed by atoms with Gasteiger partial charge in [0.25, 0.3) is 5.91 Å². The summed E-state index contributed by atoms with van der Waals surface area (Å²) in [7, 11) is -3.52. The summed E-state index contributed by atoms with van der Waals surface area (Å²) in [6.07, 6.45) is 4.58. The number of ether oxygens (including phenoxy) is 1. The van der Waals surface area contributed by atoms with Gasteiger partial charge in [0.1, 0.15) is 17.5 Å². The summed E-state index contributed by atoms with van der Waals surface area (Å²) >= 11 is 0. The predicted molar refractivity (Wildman–Crippen MR) is 138 cm³/mol. The van der Waals surface area contributed by atoms with Crippen molar-refractivity contribution in [3.8, 4) is 0 Å². The summed E-state index contributed by atoms with van der Waals surface area (Å²) in [5.74, 6) is 0.458. The standard InChI is InChI=1S/C27H24FN5O4S/c28-22-7-8-29-26-21(22)2-1-9-33(26)25-6-5-18-14-30-20(13-23(18)32-25)15-31-27(34)17-3-4-19-16-37-10-11-38(35,36)24(19)12-17/h3-8,12-14H,1-2,9-11,15-16H2,(H,31,34). The van der Waals surface area contributed by atoms with Crippen molar-refractivity contribution in [2.75, 3.05) is 23.8 Å². The maximum absolute atomic E-state index is 14.3. The number of rotatable bonds is 4. The van der Waals surface area contributed by atoms with Gasteiger partial charge in [-0.25, -0.2) is 22.8 Å². The van der Waals surface area contributed by atoms with Gasteiger partial charge in [-0.05, 0) is 54.8 Å². The molecule has 11 heteroatoms. The Hall–Kier alpha value is -3.96. The second kappa shape index (κ2) is 9.73. The lowest BCUT2D eigenvalue weighted by Gasteiger charge is -2.29. The van der Waals surface area contributed by atoms with Crippen LogP contribution >= 0.6 is 0 Å². The molecule has 0 radical (unpaired) electrons. The minimum absolute atomic E-state index is 0.116. The fraction of sp³-hybridized carbons (Fsp3) is 0.259. The molecule has 0 bridgehead atoms. The highest BCUT2D eigenvalue weighted by atomic mass is 32.2. The molecule has 6 rings (SSSR count). The van der Waals surface area contributed by atoms with Gasteiger partial charge in [-0.1, -0.05) is 6.07 Å². The van der Waals surface area contributed by atoms with E-state index in [1.807, 2.05) is 17.0 Å². The number of nitrogens with one attached hydrogen (secondary N) is 1. The summed E-state index contributed by atoms with van der Waals surface area (Å²) in [6, 6.07) is 11.6. The highest BCUT2D eigenvalue weighted by Crippen LogP contribution is 2.32. The number of sulfone groups is 1. The van der Waals surface area contributed by atoms with Crippen LogP contribution in [0.15, 0.2) is 59.8 Å². The Kier molecular flexibility index (Phi) is 6.24. The average molecular weight is 534 g/mol. The fourth-order valence-electron chi connectivity index (χ4n) is 4.80. The summed E-state index contributed by atoms with van der Waals surface area (Å²) < 4.78 is 44.8. The van der Waals surface area contributed by atoms with Gasteiger partial charge in [0.2, 0.25) is 0 Å². The van der Waals surface area contributed by atoms with Crippen molar-refractivity contribution in [2.24, 2.45) is 0 Å². The van der Waals surface area contributed by atoms with Crippen molar-refractivity contribution in [3.05, 3.63) is 83.1 Å². The highest BCUT2D eigenvalue weighted by molar-refractivity contribution is 7.91. The molecule has 0 atom stereocenters. The number of pyridine rings is 3. The first kappa shape index (κ1) is 24.4. The summed E-state index contributed by atoms with van der Waals surface area (Å²) in [6.45, 7) is 1.13. The molecule has 0 spiro atoms. The van der Waals surface area contributed by atoms with Crippen LogP contribution < -0.4 is 10.2 Å². The molecule has 1 N–H and O–H groups in total. The molecule has 2 aliphatic rings. The topological polar surface area (TPSA) is 114 Å². The third-order valence-electron chi connectivity index (χ3n) is 6.78. The molecular formula is C27H24FN5O4S. The lowest BCUT2D eigenvalue weighted by atomic mass is 10.1. The normalized spacial score (nSPS) is 16.4. The van der Waals surface area contributed by atoms with Gasteiger partial charge < -0.3 is 15.0 Å². The molecule has 4 aromatic rings. The second-order valence-electron chi connectivity index (χ2n) is 9.26. The van der Waals surface area contributed by atoms with E-state index < -0.39 is 15.7 Å². The monoisotopic (exact) mass is 533 g/mol. The van der Waals surface area contributed by atoms with E-state index in [1.54, 1.807) is 24.4 Å². The molecule has 0 saturated heterocycles. The van der Waals surface area contributed by atoms with Gasteiger partial charge in [0.15, 0.2) is 9.84 Å². The number of fused-ring (bicyclic) bond motifs is 3. The van der Waals surface area contributed by atoms with Crippen LogP contribution in [0.1, 0.15) is 33.6 Å². The maximum Gasteiger partial charge on any atom is 0.251 e. The SMILES string of the molecule is O=C(NCc1cc2nc(N3CCCc4c(F)ccnc43)ccc2cn1)c1ccc2c(c1)S(=O)(=O)CCOC2. The van der Waals surface area contributed by atoms with E-state index in [4.69, 9.17) is 9.72 Å². The van der Waals surface area contributed by atoms with Crippen LogP contribution in [0.5, 0.6) is 0 Å². The zero-order chi connectivity index (χ0) is 26.3. The number of carbonyl (C=O) groups is 1. The Balaban J connectivity index is 1.22. The van der Waals surface area contributed by atoms with Crippen molar-refractivity contribution in [3.63, 3.8) is 0 Å². The zero-order valence-electron chi connectivity index (χ0n) is 20.4. The first-order valence-corrected chi connectivity index (χ1v) is 13.9. The molecule has 0 saturated carbocycles. The van der Waals surface area contributed by atoms with Gasteiger partial charge >= 0.3 is 0 Å². The van der Waals surface area contributed by atoms with E-state index in [0.717, 1.165) is 11.8 Å². The Morgan fingerprint density at radius 1 is 1.13 bits per heavy atom. The Morgan fingerprint density at radius 2 is 2.03 bits per heavy atom. The van der Waals surface area contributed by atoms with Crippen molar-refractivity contribution < 1.29 is 22.3 Å². The fourth-order valence-corrected chi connectivity index (χ4v) is 6.19. The first-order valence-electron chi connectivity index (χ1n) is 12.3. The Labute approximate surface area is 218 Å². The number of anilines is 2. The van der Waals surface area contributed by atoms with Gasteiger partial charge in [0, 0.05) is 35.5 Å². The second-order valence-corrected chi connectivity index (χ2v) is 11.3. The molecule has 0 unspecified atom stereocenters. The largest absolute Gasteiger partial charge is 0.376 e. The van der Waals surface area contributed by atoms with Crippen molar-refractivity contribution in [2.45, 2.75) is 30.9 Å². The molecule has 5 heterocycles. The van der Waals surface area contributed by atoms with Crippen molar-refractivity contribution in [1.29, 1.82) is 0 Å². The lowest BCUT2D eigenvalue weighted by Crippen LogP contribution is -2.27. The quantitative estimate of drug-likeness (QED) is 0.424. The number of amides is 1. The number of hydrogen-bond donors (Lipinski definition) is 1. The molecule has 0 fully saturated rings. The van der Waals surface area contributed by atoms with E-state index in [0.29, 0.717) is 46.9 Å². The van der Waals surface area contributed by atoms with Crippen LogP contribution in [-0.2, 0) is 34.1 Å². The molecule has 194 valence electrons. The summed E-state index contributed by atoms with van der Waals surface area (Å²) in [5.41, 5.74) is 2.66. The number of benzene rings is 1. The number of hydrogen-bond acceptors (Lipinski definition) is 8. The van der Waals surface area contributed by atoms with Gasteiger partial charge in [-0.15, -0.1) is 0 Å². The smallest absolute Gasteiger partial charge is 0.251 e. The molecule has 0 aliphatic carbocycles. The number of aromatic nitrogens is 3. The van der Waals surface area contributed by atoms with Crippen LogP contribution in [0.2, 0.25) is 0 Å². The summed E-state index contributed by atoms with van der Waals surface area (Å²) in [5, 5.41) is 3.63. The van der Waals surface area contributed by atoms with Crippen molar-refractivity contribution in [1.82, 2.24) is 20.3 Å². The van der Waals surface area contributed by atoms with E-state index in [1.165, 1.54) is 18.3 Å². The minimum atomic E-state index is -3.52. The van der Waals surface area contributed by atoms with Crippen LogP contribution in [0.4, 0.5) is 16.0 Å². The lowest BCUT2D eigenvalue weighted by molar-refractivity contribution is 0.0950. The third kappa shape index (κ3) is 4.59. The van der Waals surface area contributed by atoms with E-state index >= 15 is 0 Å². The van der Waals surface area contributed by atoms with Gasteiger partial charge in [0.05, 0.1) is 41.6 Å². The molecule has 2 aliphatic heterocycles. The molecule has 3 aromatic heterocycles. The molecule has 1 aromatic carbocycles. The number of halogens is 1. The minimum Gasteiger partial charge on any atom is -0.376 e. The van der Waals surface area contributed by atoms with Gasteiger partial charge in [-0.3, -0.25) is 9.78 Å².